The van der Waals surface area contributed by atoms with Crippen molar-refractivity contribution in [1.29, 1.82) is 0 Å². The molecule has 118 valence electrons. The summed E-state index contributed by atoms with van der Waals surface area (Å²) in [5, 5.41) is 8.14. The van der Waals surface area contributed by atoms with Crippen LogP contribution in [0, 0.1) is 17.3 Å². The van der Waals surface area contributed by atoms with E-state index in [1.807, 2.05) is 0 Å². The number of nitrogens with zero attached hydrogens (tertiary/aromatic N) is 3. The van der Waals surface area contributed by atoms with Gasteiger partial charge in [-0.25, -0.2) is 9.67 Å². The Bertz CT molecular complexity index is 467. The van der Waals surface area contributed by atoms with Crippen molar-refractivity contribution in [2.24, 2.45) is 17.3 Å². The first-order chi connectivity index (χ1) is 10.1. The second-order valence-electron chi connectivity index (χ2n) is 7.51. The summed E-state index contributed by atoms with van der Waals surface area (Å²) in [7, 11) is 0. The molecule has 0 aliphatic heterocycles. The second kappa shape index (κ2) is 6.07. The van der Waals surface area contributed by atoms with Crippen molar-refractivity contribution in [3.05, 3.63) is 12.2 Å². The second-order valence-corrected chi connectivity index (χ2v) is 7.51. The van der Waals surface area contributed by atoms with Crippen LogP contribution < -0.4 is 5.32 Å². The minimum Gasteiger partial charge on any atom is -0.316 e. The van der Waals surface area contributed by atoms with Crippen LogP contribution in [-0.4, -0.2) is 27.9 Å². The summed E-state index contributed by atoms with van der Waals surface area (Å²) in [6, 6.07) is 0.404. The van der Waals surface area contributed by atoms with Crippen LogP contribution in [-0.2, 0) is 6.42 Å². The lowest BCUT2D eigenvalue weighted by Crippen LogP contribution is -2.41. The van der Waals surface area contributed by atoms with Gasteiger partial charge in [-0.15, -0.1) is 0 Å². The van der Waals surface area contributed by atoms with E-state index in [0.29, 0.717) is 11.5 Å². The van der Waals surface area contributed by atoms with Gasteiger partial charge in [-0.2, -0.15) is 5.10 Å². The Hall–Kier alpha value is -0.900. The van der Waals surface area contributed by atoms with Gasteiger partial charge in [-0.3, -0.25) is 0 Å². The maximum Gasteiger partial charge on any atom is 0.138 e. The third-order valence-corrected chi connectivity index (χ3v) is 5.65. The van der Waals surface area contributed by atoms with Crippen molar-refractivity contribution in [2.75, 3.05) is 13.1 Å². The van der Waals surface area contributed by atoms with Crippen molar-refractivity contribution in [2.45, 2.75) is 65.3 Å². The fourth-order valence-corrected chi connectivity index (χ4v) is 4.71. The molecule has 0 spiro atoms. The summed E-state index contributed by atoms with van der Waals surface area (Å²) in [6.45, 7) is 8.93. The van der Waals surface area contributed by atoms with E-state index in [-0.39, 0.29) is 0 Å². The standard InChI is InChI=1S/C17H30N4/c1-4-7-18-11-17(9-14-5-6-15(17)8-14)10-16-19-12-20-21(16)13(2)3/h12-15,18H,4-11H2,1-3H3. The highest BCUT2D eigenvalue weighted by Crippen LogP contribution is 2.57. The van der Waals surface area contributed by atoms with Gasteiger partial charge in [0.05, 0.1) is 0 Å². The van der Waals surface area contributed by atoms with E-state index in [2.05, 4.69) is 40.9 Å². The molecule has 3 rings (SSSR count). The van der Waals surface area contributed by atoms with Crippen LogP contribution in [0.25, 0.3) is 0 Å². The zero-order chi connectivity index (χ0) is 14.9. The first kappa shape index (κ1) is 15.0. The maximum absolute atomic E-state index is 4.58. The van der Waals surface area contributed by atoms with Crippen LogP contribution in [0.3, 0.4) is 0 Å². The molecule has 1 aromatic rings. The molecular weight excluding hydrogens is 260 g/mol. The van der Waals surface area contributed by atoms with Crippen molar-refractivity contribution >= 4 is 0 Å². The number of aromatic nitrogens is 3. The van der Waals surface area contributed by atoms with Gasteiger partial charge in [0.25, 0.3) is 0 Å². The van der Waals surface area contributed by atoms with Gasteiger partial charge in [0.1, 0.15) is 12.2 Å². The molecule has 2 aliphatic rings. The molecule has 2 aliphatic carbocycles. The van der Waals surface area contributed by atoms with Gasteiger partial charge in [-0.1, -0.05) is 13.3 Å². The molecule has 3 unspecified atom stereocenters. The number of nitrogens with one attached hydrogen (secondary N) is 1. The summed E-state index contributed by atoms with van der Waals surface area (Å²) in [5.41, 5.74) is 0.428. The van der Waals surface area contributed by atoms with Crippen molar-refractivity contribution < 1.29 is 0 Å². The van der Waals surface area contributed by atoms with E-state index in [4.69, 9.17) is 0 Å². The monoisotopic (exact) mass is 290 g/mol. The molecule has 2 bridgehead atoms. The van der Waals surface area contributed by atoms with Crippen molar-refractivity contribution in [1.82, 2.24) is 20.1 Å². The fourth-order valence-electron chi connectivity index (χ4n) is 4.71. The van der Waals surface area contributed by atoms with Crippen molar-refractivity contribution in [3.8, 4) is 0 Å². The van der Waals surface area contributed by atoms with Gasteiger partial charge < -0.3 is 5.32 Å². The van der Waals surface area contributed by atoms with E-state index in [1.54, 1.807) is 6.33 Å². The molecule has 4 nitrogen and oxygen atoms in total. The molecule has 2 saturated carbocycles. The van der Waals surface area contributed by atoms with Crippen LogP contribution in [0.2, 0.25) is 0 Å². The van der Waals surface area contributed by atoms with E-state index >= 15 is 0 Å². The third-order valence-electron chi connectivity index (χ3n) is 5.65. The minimum atomic E-state index is 0.404. The molecule has 2 fully saturated rings. The molecule has 1 aromatic heterocycles. The molecule has 0 saturated heterocycles. The molecule has 1 N–H and O–H groups in total. The van der Waals surface area contributed by atoms with Crippen LogP contribution >= 0.6 is 0 Å². The SMILES string of the molecule is CCCNCC1(Cc2ncnn2C(C)C)CC2CCC1C2. The van der Waals surface area contributed by atoms with Gasteiger partial charge in [0, 0.05) is 19.0 Å². The minimum absolute atomic E-state index is 0.404. The maximum atomic E-state index is 4.58. The fraction of sp³-hybridized carbons (Fsp3) is 0.882. The number of hydrogen-bond donors (Lipinski definition) is 1. The van der Waals surface area contributed by atoms with Gasteiger partial charge in [0.15, 0.2) is 0 Å². The summed E-state index contributed by atoms with van der Waals surface area (Å²) >= 11 is 0. The molecule has 0 aromatic carbocycles. The molecule has 0 amide bonds. The highest BCUT2D eigenvalue weighted by atomic mass is 15.3. The average Bonchev–Trinajstić information content (AvgIpc) is 3.14. The Morgan fingerprint density at radius 1 is 1.43 bits per heavy atom. The molecule has 21 heavy (non-hydrogen) atoms. The highest BCUT2D eigenvalue weighted by Gasteiger charge is 2.51. The topological polar surface area (TPSA) is 42.7 Å². The Kier molecular flexibility index (Phi) is 4.34. The van der Waals surface area contributed by atoms with Crippen LogP contribution in [0.4, 0.5) is 0 Å². The first-order valence-corrected chi connectivity index (χ1v) is 8.73. The predicted octanol–water partition coefficient (Wildman–Crippen LogP) is 3.21. The lowest BCUT2D eigenvalue weighted by molar-refractivity contribution is 0.150. The first-order valence-electron chi connectivity index (χ1n) is 8.73. The van der Waals surface area contributed by atoms with E-state index in [0.717, 1.165) is 31.3 Å². The smallest absolute Gasteiger partial charge is 0.138 e. The van der Waals surface area contributed by atoms with Crippen LogP contribution in [0.15, 0.2) is 6.33 Å². The Balaban J connectivity index is 1.78. The Morgan fingerprint density at radius 2 is 2.29 bits per heavy atom. The summed E-state index contributed by atoms with van der Waals surface area (Å²) in [5.74, 6) is 3.05. The van der Waals surface area contributed by atoms with E-state index < -0.39 is 0 Å². The molecule has 4 heteroatoms. The largest absolute Gasteiger partial charge is 0.316 e. The number of hydrogen-bond acceptors (Lipinski definition) is 3. The highest BCUT2D eigenvalue weighted by molar-refractivity contribution is 5.06. The van der Waals surface area contributed by atoms with Crippen LogP contribution in [0.1, 0.15) is 64.7 Å². The Labute approximate surface area is 128 Å². The van der Waals surface area contributed by atoms with E-state index in [1.165, 1.54) is 37.9 Å². The number of rotatable bonds is 7. The molecule has 3 atom stereocenters. The summed E-state index contributed by atoms with van der Waals surface area (Å²) in [4.78, 5) is 4.58. The lowest BCUT2D eigenvalue weighted by atomic mass is 9.70. The molecule has 0 radical (unpaired) electrons. The van der Waals surface area contributed by atoms with Crippen molar-refractivity contribution in [3.63, 3.8) is 0 Å². The van der Waals surface area contributed by atoms with E-state index in [9.17, 15) is 0 Å². The normalized spacial score (nSPS) is 31.4. The zero-order valence-electron chi connectivity index (χ0n) is 13.8. The summed E-state index contributed by atoms with van der Waals surface area (Å²) < 4.78 is 2.12. The van der Waals surface area contributed by atoms with Gasteiger partial charge >= 0.3 is 0 Å². The van der Waals surface area contributed by atoms with Gasteiger partial charge in [0.2, 0.25) is 0 Å². The number of fused-ring (bicyclic) bond motifs is 2. The quantitative estimate of drug-likeness (QED) is 0.784. The molecular formula is C17H30N4. The van der Waals surface area contributed by atoms with Crippen LogP contribution in [0.5, 0.6) is 0 Å². The predicted molar refractivity (Wildman–Crippen MR) is 85.2 cm³/mol. The average molecular weight is 290 g/mol. The molecule has 1 heterocycles. The van der Waals surface area contributed by atoms with Gasteiger partial charge in [-0.05, 0) is 63.3 Å². The zero-order valence-corrected chi connectivity index (χ0v) is 13.8. The lowest BCUT2D eigenvalue weighted by Gasteiger charge is -2.38. The summed E-state index contributed by atoms with van der Waals surface area (Å²) in [6.07, 6.45) is 9.76. The third kappa shape index (κ3) is 2.87. The Morgan fingerprint density at radius 3 is 2.90 bits per heavy atom.